The van der Waals surface area contributed by atoms with E-state index in [9.17, 15) is 0 Å². The Kier molecular flexibility index (Phi) is 5.43. The summed E-state index contributed by atoms with van der Waals surface area (Å²) in [7, 11) is 0. The van der Waals surface area contributed by atoms with Crippen molar-refractivity contribution in [3.8, 4) is 5.75 Å². The molecule has 1 saturated heterocycles. The first kappa shape index (κ1) is 14.6. The second kappa shape index (κ2) is 7.08. The maximum Gasteiger partial charge on any atom is 0.130 e. The summed E-state index contributed by atoms with van der Waals surface area (Å²) in [6.45, 7) is 4.18. The topological polar surface area (TPSA) is 38.5 Å². The number of thiocarbonyl (C=S) groups is 1. The van der Waals surface area contributed by atoms with E-state index in [1.54, 1.807) is 6.07 Å². The van der Waals surface area contributed by atoms with E-state index in [0.717, 1.165) is 13.0 Å². The van der Waals surface area contributed by atoms with Gasteiger partial charge in [0.15, 0.2) is 0 Å². The van der Waals surface area contributed by atoms with Gasteiger partial charge in [0.05, 0.1) is 17.2 Å². The standard InChI is InChI=1S/C14H19ClN2OS/c15-11-5-3-6-12(13(11)14(16)19)18-10-4-9-17-7-1-2-8-17/h3,5-6H,1-2,4,7-10H2,(H2,16,19). The molecule has 0 aromatic heterocycles. The summed E-state index contributed by atoms with van der Waals surface area (Å²) in [6.07, 6.45) is 3.64. The number of hydrogen-bond acceptors (Lipinski definition) is 3. The number of halogens is 1. The molecule has 1 fully saturated rings. The van der Waals surface area contributed by atoms with Crippen molar-refractivity contribution in [2.75, 3.05) is 26.2 Å². The molecule has 0 radical (unpaired) electrons. The Morgan fingerprint density at radius 1 is 1.37 bits per heavy atom. The second-order valence-corrected chi connectivity index (χ2v) is 5.58. The molecule has 2 N–H and O–H groups in total. The van der Waals surface area contributed by atoms with Crippen LogP contribution in [0, 0.1) is 0 Å². The monoisotopic (exact) mass is 298 g/mol. The molecule has 0 amide bonds. The molecule has 0 aliphatic carbocycles. The quantitative estimate of drug-likeness (QED) is 0.647. The molecule has 1 aromatic rings. The van der Waals surface area contributed by atoms with Gasteiger partial charge in [0.25, 0.3) is 0 Å². The maximum atomic E-state index is 6.09. The lowest BCUT2D eigenvalue weighted by Gasteiger charge is -2.15. The van der Waals surface area contributed by atoms with Crippen LogP contribution >= 0.6 is 23.8 Å². The van der Waals surface area contributed by atoms with Gasteiger partial charge in [0.1, 0.15) is 10.7 Å². The number of rotatable bonds is 6. The molecule has 104 valence electrons. The average Bonchev–Trinajstić information content (AvgIpc) is 2.87. The van der Waals surface area contributed by atoms with Crippen molar-refractivity contribution in [1.82, 2.24) is 4.90 Å². The van der Waals surface area contributed by atoms with Gasteiger partial charge in [-0.25, -0.2) is 0 Å². The minimum Gasteiger partial charge on any atom is -0.493 e. The first-order valence-corrected chi connectivity index (χ1v) is 7.40. The molecule has 0 spiro atoms. The Morgan fingerprint density at radius 3 is 2.79 bits per heavy atom. The Morgan fingerprint density at radius 2 is 2.11 bits per heavy atom. The predicted octanol–water partition coefficient (Wildman–Crippen LogP) is 2.84. The van der Waals surface area contributed by atoms with Crippen molar-refractivity contribution in [1.29, 1.82) is 0 Å². The van der Waals surface area contributed by atoms with E-state index < -0.39 is 0 Å². The van der Waals surface area contributed by atoms with Gasteiger partial charge < -0.3 is 15.4 Å². The highest BCUT2D eigenvalue weighted by molar-refractivity contribution is 7.80. The highest BCUT2D eigenvalue weighted by atomic mass is 35.5. The summed E-state index contributed by atoms with van der Waals surface area (Å²) < 4.78 is 5.76. The van der Waals surface area contributed by atoms with Crippen LogP contribution < -0.4 is 10.5 Å². The van der Waals surface area contributed by atoms with Crippen LogP contribution in [0.15, 0.2) is 18.2 Å². The Bertz CT molecular complexity index is 447. The molecule has 0 unspecified atom stereocenters. The molecule has 1 heterocycles. The van der Waals surface area contributed by atoms with E-state index in [0.29, 0.717) is 22.9 Å². The lowest BCUT2D eigenvalue weighted by Crippen LogP contribution is -2.22. The van der Waals surface area contributed by atoms with E-state index in [4.69, 9.17) is 34.3 Å². The van der Waals surface area contributed by atoms with E-state index in [1.807, 2.05) is 12.1 Å². The summed E-state index contributed by atoms with van der Waals surface area (Å²) in [5.74, 6) is 0.682. The number of likely N-dealkylation sites (tertiary alicyclic amines) is 1. The molecule has 0 saturated carbocycles. The Labute approximate surface area is 124 Å². The van der Waals surface area contributed by atoms with Crippen LogP contribution in [0.1, 0.15) is 24.8 Å². The first-order valence-electron chi connectivity index (χ1n) is 6.62. The van der Waals surface area contributed by atoms with Gasteiger partial charge in [-0.3, -0.25) is 0 Å². The van der Waals surface area contributed by atoms with Crippen molar-refractivity contribution in [3.63, 3.8) is 0 Å². The predicted molar refractivity (Wildman–Crippen MR) is 83.1 cm³/mol. The zero-order chi connectivity index (χ0) is 13.7. The number of hydrogen-bond donors (Lipinski definition) is 1. The van der Waals surface area contributed by atoms with Gasteiger partial charge in [0.2, 0.25) is 0 Å². The summed E-state index contributed by atoms with van der Waals surface area (Å²) in [5.41, 5.74) is 6.32. The molecule has 0 atom stereocenters. The molecule has 1 aliphatic rings. The lowest BCUT2D eigenvalue weighted by atomic mass is 10.2. The summed E-state index contributed by atoms with van der Waals surface area (Å²) in [6, 6.07) is 5.48. The van der Waals surface area contributed by atoms with Gasteiger partial charge >= 0.3 is 0 Å². The van der Waals surface area contributed by atoms with Crippen molar-refractivity contribution < 1.29 is 4.74 Å². The molecule has 1 aromatic carbocycles. The fraction of sp³-hybridized carbons (Fsp3) is 0.500. The molecule has 3 nitrogen and oxygen atoms in total. The molecular formula is C14H19ClN2OS. The molecule has 19 heavy (non-hydrogen) atoms. The Balaban J connectivity index is 1.85. The van der Waals surface area contributed by atoms with Gasteiger partial charge in [-0.15, -0.1) is 0 Å². The molecule has 2 rings (SSSR count). The summed E-state index contributed by atoms with van der Waals surface area (Å²) in [5, 5.41) is 0.546. The van der Waals surface area contributed by atoms with Crippen LogP contribution in [0.3, 0.4) is 0 Å². The molecule has 5 heteroatoms. The molecule has 0 bridgehead atoms. The fourth-order valence-electron chi connectivity index (χ4n) is 2.34. The van der Waals surface area contributed by atoms with E-state index in [-0.39, 0.29) is 4.99 Å². The second-order valence-electron chi connectivity index (χ2n) is 4.73. The van der Waals surface area contributed by atoms with Crippen molar-refractivity contribution in [2.24, 2.45) is 5.73 Å². The first-order chi connectivity index (χ1) is 9.18. The third kappa shape index (κ3) is 4.06. The van der Waals surface area contributed by atoms with Crippen LogP contribution in [0.4, 0.5) is 0 Å². The number of nitrogens with zero attached hydrogens (tertiary/aromatic N) is 1. The van der Waals surface area contributed by atoms with Gasteiger partial charge in [-0.2, -0.15) is 0 Å². The van der Waals surface area contributed by atoms with Crippen LogP contribution in [0.5, 0.6) is 5.75 Å². The van der Waals surface area contributed by atoms with Crippen molar-refractivity contribution in [2.45, 2.75) is 19.3 Å². The van der Waals surface area contributed by atoms with Crippen LogP contribution in [-0.2, 0) is 0 Å². The molecule has 1 aliphatic heterocycles. The van der Waals surface area contributed by atoms with E-state index in [2.05, 4.69) is 4.90 Å². The average molecular weight is 299 g/mol. The van der Waals surface area contributed by atoms with Crippen molar-refractivity contribution in [3.05, 3.63) is 28.8 Å². The third-order valence-electron chi connectivity index (χ3n) is 3.30. The normalized spacial score (nSPS) is 15.6. The largest absolute Gasteiger partial charge is 0.493 e. The zero-order valence-electron chi connectivity index (χ0n) is 10.9. The van der Waals surface area contributed by atoms with Crippen LogP contribution in [-0.4, -0.2) is 36.1 Å². The number of ether oxygens (including phenoxy) is 1. The fourth-order valence-corrected chi connectivity index (χ4v) is 2.87. The van der Waals surface area contributed by atoms with Gasteiger partial charge in [0, 0.05) is 6.54 Å². The van der Waals surface area contributed by atoms with Gasteiger partial charge in [-0.1, -0.05) is 29.9 Å². The van der Waals surface area contributed by atoms with Crippen molar-refractivity contribution >= 4 is 28.8 Å². The number of nitrogens with two attached hydrogens (primary N) is 1. The lowest BCUT2D eigenvalue weighted by molar-refractivity contribution is 0.263. The number of benzene rings is 1. The maximum absolute atomic E-state index is 6.09. The van der Waals surface area contributed by atoms with Gasteiger partial charge in [-0.05, 0) is 44.5 Å². The highest BCUT2D eigenvalue weighted by Gasteiger charge is 2.12. The molecular weight excluding hydrogens is 280 g/mol. The van der Waals surface area contributed by atoms with Crippen LogP contribution in [0.25, 0.3) is 0 Å². The summed E-state index contributed by atoms with van der Waals surface area (Å²) in [4.78, 5) is 2.75. The summed E-state index contributed by atoms with van der Waals surface area (Å²) >= 11 is 11.1. The van der Waals surface area contributed by atoms with Crippen LogP contribution in [0.2, 0.25) is 5.02 Å². The third-order valence-corrected chi connectivity index (χ3v) is 3.82. The minimum atomic E-state index is 0.278. The zero-order valence-corrected chi connectivity index (χ0v) is 12.5. The van der Waals surface area contributed by atoms with E-state index in [1.165, 1.54) is 25.9 Å². The minimum absolute atomic E-state index is 0.278. The Hall–Kier alpha value is -0.840. The SMILES string of the molecule is NC(=S)c1c(Cl)cccc1OCCCN1CCCC1. The van der Waals surface area contributed by atoms with E-state index >= 15 is 0 Å². The smallest absolute Gasteiger partial charge is 0.130 e. The highest BCUT2D eigenvalue weighted by Crippen LogP contribution is 2.26.